The van der Waals surface area contributed by atoms with Crippen molar-refractivity contribution >= 4 is 15.7 Å². The minimum Gasteiger partial charge on any atom is -0.435 e. The van der Waals surface area contributed by atoms with Gasteiger partial charge in [0.2, 0.25) is 0 Å². The summed E-state index contributed by atoms with van der Waals surface area (Å²) in [6, 6.07) is 9.55. The first-order valence-corrected chi connectivity index (χ1v) is 12.1. The first-order valence-electron chi connectivity index (χ1n) is 10.7. The van der Waals surface area contributed by atoms with Crippen LogP contribution in [0.3, 0.4) is 0 Å². The summed E-state index contributed by atoms with van der Waals surface area (Å²) in [7, 11) is -4.05. The molecule has 0 bridgehead atoms. The molecule has 12 heteroatoms. The Bertz CT molecular complexity index is 1140. The molecule has 0 radical (unpaired) electrons. The third-order valence-electron chi connectivity index (χ3n) is 6.13. The minimum atomic E-state index is -4.95. The largest absolute Gasteiger partial charge is 0.573 e. The van der Waals surface area contributed by atoms with E-state index in [1.165, 1.54) is 50.2 Å². The van der Waals surface area contributed by atoms with Crippen LogP contribution in [-0.2, 0) is 9.84 Å². The van der Waals surface area contributed by atoms with Crippen molar-refractivity contribution in [2.45, 2.75) is 49.3 Å². The number of halogens is 5. The molecule has 1 aliphatic rings. The number of nitrogens with zero attached hydrogens (tertiary/aromatic N) is 1. The Kier molecular flexibility index (Phi) is 7.63. The van der Waals surface area contributed by atoms with Crippen molar-refractivity contribution in [2.24, 2.45) is 5.92 Å². The Balaban J connectivity index is 1.69. The first kappa shape index (κ1) is 26.7. The number of ether oxygens (including phenoxy) is 2. The second kappa shape index (κ2) is 10.00. The van der Waals surface area contributed by atoms with Gasteiger partial charge in [0.1, 0.15) is 11.5 Å². The Morgan fingerprint density at radius 1 is 1.00 bits per heavy atom. The number of alkyl halides is 5. The van der Waals surface area contributed by atoms with Gasteiger partial charge in [0.15, 0.2) is 9.84 Å². The van der Waals surface area contributed by atoms with Crippen LogP contribution in [0.1, 0.15) is 37.0 Å². The molecule has 0 spiro atoms. The standard InChI is InChI=1S/C23H24F5NO5S/c1-22(2,35(31,32)19-5-3-4-18(14-19)34-23(26,27)28)16-10-12-29(13-11-16)20(30)15-6-8-17(9-7-15)33-21(24)25/h3-9,14,16,21H,10-13H2,1-2H3. The smallest absolute Gasteiger partial charge is 0.435 e. The van der Waals surface area contributed by atoms with E-state index in [0.29, 0.717) is 12.8 Å². The molecule has 2 aromatic rings. The summed E-state index contributed by atoms with van der Waals surface area (Å²) in [6.07, 6.45) is -4.25. The molecule has 3 rings (SSSR count). The maximum atomic E-state index is 13.3. The molecule has 0 saturated carbocycles. The SMILES string of the molecule is CC(C)(C1CCN(C(=O)c2ccc(OC(F)F)cc2)CC1)S(=O)(=O)c1cccc(OC(F)(F)F)c1. The van der Waals surface area contributed by atoms with E-state index in [1.54, 1.807) is 4.90 Å². The molecular weight excluding hydrogens is 497 g/mol. The Morgan fingerprint density at radius 3 is 2.14 bits per heavy atom. The highest BCUT2D eigenvalue weighted by Crippen LogP contribution is 2.39. The zero-order chi connectivity index (χ0) is 26.0. The van der Waals surface area contributed by atoms with E-state index in [-0.39, 0.29) is 41.1 Å². The predicted molar refractivity (Wildman–Crippen MR) is 116 cm³/mol. The summed E-state index contributed by atoms with van der Waals surface area (Å²) in [6.45, 7) is 0.576. The van der Waals surface area contributed by atoms with E-state index in [4.69, 9.17) is 0 Å². The third-order valence-corrected chi connectivity index (χ3v) is 8.73. The Hall–Kier alpha value is -2.89. The van der Waals surface area contributed by atoms with Crippen molar-refractivity contribution in [1.29, 1.82) is 0 Å². The molecule has 0 unspecified atom stereocenters. The average molecular weight is 522 g/mol. The second-order valence-corrected chi connectivity index (χ2v) is 11.1. The van der Waals surface area contributed by atoms with E-state index in [0.717, 1.165) is 12.1 Å². The highest BCUT2D eigenvalue weighted by atomic mass is 32.2. The zero-order valence-electron chi connectivity index (χ0n) is 18.9. The van der Waals surface area contributed by atoms with E-state index in [1.807, 2.05) is 0 Å². The maximum absolute atomic E-state index is 13.3. The van der Waals surface area contributed by atoms with E-state index >= 15 is 0 Å². The van der Waals surface area contributed by atoms with Crippen LogP contribution in [0.2, 0.25) is 0 Å². The number of hydrogen-bond donors (Lipinski definition) is 0. The van der Waals surface area contributed by atoms with Crippen molar-refractivity contribution in [3.05, 3.63) is 54.1 Å². The quantitative estimate of drug-likeness (QED) is 0.463. The molecule has 0 aliphatic carbocycles. The Morgan fingerprint density at radius 2 is 1.60 bits per heavy atom. The first-order chi connectivity index (χ1) is 16.2. The number of hydrogen-bond acceptors (Lipinski definition) is 5. The van der Waals surface area contributed by atoms with Gasteiger partial charge in [0, 0.05) is 18.7 Å². The van der Waals surface area contributed by atoms with Gasteiger partial charge >= 0.3 is 13.0 Å². The van der Waals surface area contributed by atoms with Gasteiger partial charge < -0.3 is 14.4 Å². The highest BCUT2D eigenvalue weighted by Gasteiger charge is 2.44. The van der Waals surface area contributed by atoms with Crippen LogP contribution in [0, 0.1) is 5.92 Å². The lowest BCUT2D eigenvalue weighted by Crippen LogP contribution is -2.47. The molecule has 6 nitrogen and oxygen atoms in total. The molecule has 1 heterocycles. The molecule has 0 aromatic heterocycles. The summed E-state index contributed by atoms with van der Waals surface area (Å²) < 4.78 is 95.7. The van der Waals surface area contributed by atoms with Crippen LogP contribution in [0.4, 0.5) is 22.0 Å². The van der Waals surface area contributed by atoms with Crippen LogP contribution >= 0.6 is 0 Å². The van der Waals surface area contributed by atoms with Gasteiger partial charge in [-0.1, -0.05) is 6.07 Å². The van der Waals surface area contributed by atoms with E-state index in [2.05, 4.69) is 9.47 Å². The van der Waals surface area contributed by atoms with Crippen LogP contribution in [-0.4, -0.2) is 50.0 Å². The number of rotatable bonds is 7. The number of sulfone groups is 1. The number of carbonyl (C=O) groups is 1. The number of piperidine rings is 1. The number of amides is 1. The maximum Gasteiger partial charge on any atom is 0.573 e. The fourth-order valence-electron chi connectivity index (χ4n) is 4.10. The van der Waals surface area contributed by atoms with Crippen molar-refractivity contribution in [3.8, 4) is 11.5 Å². The number of carbonyl (C=O) groups excluding carboxylic acids is 1. The van der Waals surface area contributed by atoms with Gasteiger partial charge in [-0.15, -0.1) is 13.2 Å². The van der Waals surface area contributed by atoms with Crippen molar-refractivity contribution in [3.63, 3.8) is 0 Å². The van der Waals surface area contributed by atoms with Crippen LogP contribution < -0.4 is 9.47 Å². The summed E-state index contributed by atoms with van der Waals surface area (Å²) in [5.41, 5.74) is 0.276. The molecule has 0 N–H and O–H groups in total. The molecule has 1 amide bonds. The summed E-state index contributed by atoms with van der Waals surface area (Å²) in [5.74, 6) is -1.40. The van der Waals surface area contributed by atoms with Gasteiger partial charge in [-0.2, -0.15) is 8.78 Å². The van der Waals surface area contributed by atoms with Crippen LogP contribution in [0.25, 0.3) is 0 Å². The van der Waals surface area contributed by atoms with Gasteiger partial charge in [0.05, 0.1) is 9.64 Å². The van der Waals surface area contributed by atoms with Crippen molar-refractivity contribution < 1.29 is 44.6 Å². The van der Waals surface area contributed by atoms with Gasteiger partial charge in [-0.3, -0.25) is 4.79 Å². The molecule has 0 atom stereocenters. The predicted octanol–water partition coefficient (Wildman–Crippen LogP) is 5.29. The monoisotopic (exact) mass is 521 g/mol. The lowest BCUT2D eigenvalue weighted by molar-refractivity contribution is -0.274. The topological polar surface area (TPSA) is 72.9 Å². The normalized spacial score (nSPS) is 15.8. The van der Waals surface area contributed by atoms with Crippen LogP contribution in [0.15, 0.2) is 53.4 Å². The summed E-state index contributed by atoms with van der Waals surface area (Å²) in [5, 5.41) is 0. The van der Waals surface area contributed by atoms with E-state index < -0.39 is 33.3 Å². The molecule has 1 saturated heterocycles. The summed E-state index contributed by atoms with van der Waals surface area (Å²) >= 11 is 0. The summed E-state index contributed by atoms with van der Waals surface area (Å²) in [4.78, 5) is 14.0. The second-order valence-electron chi connectivity index (χ2n) is 8.60. The number of benzene rings is 2. The van der Waals surface area contributed by atoms with Gasteiger partial charge in [-0.25, -0.2) is 8.42 Å². The van der Waals surface area contributed by atoms with E-state index in [9.17, 15) is 35.2 Å². The molecule has 1 aliphatic heterocycles. The van der Waals surface area contributed by atoms with Crippen LogP contribution in [0.5, 0.6) is 11.5 Å². The zero-order valence-corrected chi connectivity index (χ0v) is 19.7. The average Bonchev–Trinajstić information content (AvgIpc) is 2.78. The Labute approximate surface area is 199 Å². The fraction of sp³-hybridized carbons (Fsp3) is 0.435. The third kappa shape index (κ3) is 6.22. The van der Waals surface area contributed by atoms with Crippen molar-refractivity contribution in [1.82, 2.24) is 4.90 Å². The molecule has 192 valence electrons. The molecule has 35 heavy (non-hydrogen) atoms. The fourth-order valence-corrected chi connectivity index (χ4v) is 5.91. The number of likely N-dealkylation sites (tertiary alicyclic amines) is 1. The minimum absolute atomic E-state index is 0.0769. The van der Waals surface area contributed by atoms with Gasteiger partial charge in [-0.05, 0) is 75.1 Å². The van der Waals surface area contributed by atoms with Crippen molar-refractivity contribution in [2.75, 3.05) is 13.1 Å². The highest BCUT2D eigenvalue weighted by molar-refractivity contribution is 7.92. The lowest BCUT2D eigenvalue weighted by atomic mass is 9.85. The lowest BCUT2D eigenvalue weighted by Gasteiger charge is -2.40. The molecular formula is C23H24F5NO5S. The molecule has 2 aromatic carbocycles. The van der Waals surface area contributed by atoms with Gasteiger partial charge in [0.25, 0.3) is 5.91 Å². The molecule has 1 fully saturated rings.